The first-order valence-electron chi connectivity index (χ1n) is 11.8. The summed E-state index contributed by atoms with van der Waals surface area (Å²) < 4.78 is 25.0. The molecule has 1 N–H and O–H groups in total. The van der Waals surface area contributed by atoms with Crippen molar-refractivity contribution in [3.8, 4) is 11.5 Å². The van der Waals surface area contributed by atoms with Crippen LogP contribution in [-0.2, 0) is 11.4 Å². The highest BCUT2D eigenvalue weighted by atomic mass is 19.1. The van der Waals surface area contributed by atoms with Gasteiger partial charge in [-0.25, -0.2) is 9.82 Å². The van der Waals surface area contributed by atoms with Crippen molar-refractivity contribution >= 4 is 22.9 Å². The van der Waals surface area contributed by atoms with Crippen molar-refractivity contribution in [2.75, 3.05) is 6.61 Å². The van der Waals surface area contributed by atoms with Crippen LogP contribution in [0.2, 0.25) is 0 Å². The number of carbonyl (C=O) groups excluding carboxylic acids is 1. The molecule has 0 saturated heterocycles. The SMILES string of the molecule is Cc1ccc(C(C)C)c(OCC(=O)NN=Cc2c(OCc3ccc(F)cc3)ccc3ccccc23)c1. The predicted molar refractivity (Wildman–Crippen MR) is 141 cm³/mol. The van der Waals surface area contributed by atoms with Gasteiger partial charge in [-0.2, -0.15) is 5.10 Å². The van der Waals surface area contributed by atoms with Crippen LogP contribution in [0.4, 0.5) is 4.39 Å². The van der Waals surface area contributed by atoms with Gasteiger partial charge in [-0.15, -0.1) is 0 Å². The van der Waals surface area contributed by atoms with E-state index >= 15 is 0 Å². The van der Waals surface area contributed by atoms with Gasteiger partial charge in [-0.05, 0) is 64.6 Å². The lowest BCUT2D eigenvalue weighted by atomic mass is 10.0. The minimum Gasteiger partial charge on any atom is -0.488 e. The molecular formula is C30H29FN2O3. The number of aryl methyl sites for hydroxylation is 1. The number of hydrogen-bond donors (Lipinski definition) is 1. The molecule has 0 radical (unpaired) electrons. The maximum Gasteiger partial charge on any atom is 0.277 e. The molecule has 4 rings (SSSR count). The van der Waals surface area contributed by atoms with Crippen molar-refractivity contribution in [3.63, 3.8) is 0 Å². The van der Waals surface area contributed by atoms with Gasteiger partial charge in [0.1, 0.15) is 23.9 Å². The van der Waals surface area contributed by atoms with Crippen LogP contribution in [0.25, 0.3) is 10.8 Å². The molecule has 0 aliphatic carbocycles. The molecule has 4 aromatic rings. The van der Waals surface area contributed by atoms with E-state index in [2.05, 4.69) is 24.4 Å². The third kappa shape index (κ3) is 6.27. The summed E-state index contributed by atoms with van der Waals surface area (Å²) in [7, 11) is 0. The topological polar surface area (TPSA) is 59.9 Å². The van der Waals surface area contributed by atoms with Gasteiger partial charge in [0.15, 0.2) is 6.61 Å². The van der Waals surface area contributed by atoms with Gasteiger partial charge in [0.25, 0.3) is 5.91 Å². The van der Waals surface area contributed by atoms with Crippen molar-refractivity contribution in [2.24, 2.45) is 5.10 Å². The Bertz CT molecular complexity index is 1380. The summed E-state index contributed by atoms with van der Waals surface area (Å²) >= 11 is 0. The highest BCUT2D eigenvalue weighted by Crippen LogP contribution is 2.28. The van der Waals surface area contributed by atoms with Gasteiger partial charge in [0, 0.05) is 5.56 Å². The quantitative estimate of drug-likeness (QED) is 0.217. The zero-order valence-electron chi connectivity index (χ0n) is 20.6. The second-order valence-corrected chi connectivity index (χ2v) is 8.89. The predicted octanol–water partition coefficient (Wildman–Crippen LogP) is 6.52. The zero-order valence-corrected chi connectivity index (χ0v) is 20.6. The lowest BCUT2D eigenvalue weighted by Gasteiger charge is -2.14. The van der Waals surface area contributed by atoms with Crippen LogP contribution in [0, 0.1) is 12.7 Å². The highest BCUT2D eigenvalue weighted by molar-refractivity contribution is 6.02. The van der Waals surface area contributed by atoms with Crippen molar-refractivity contribution in [2.45, 2.75) is 33.3 Å². The molecule has 5 nitrogen and oxygen atoms in total. The molecule has 36 heavy (non-hydrogen) atoms. The van der Waals surface area contributed by atoms with Crippen LogP contribution < -0.4 is 14.9 Å². The Hall–Kier alpha value is -4.19. The Morgan fingerprint density at radius 2 is 1.75 bits per heavy atom. The molecule has 0 fully saturated rings. The molecule has 0 saturated carbocycles. The fourth-order valence-electron chi connectivity index (χ4n) is 3.86. The maximum absolute atomic E-state index is 13.2. The lowest BCUT2D eigenvalue weighted by Crippen LogP contribution is -2.25. The summed E-state index contributed by atoms with van der Waals surface area (Å²) in [4.78, 5) is 12.4. The van der Waals surface area contributed by atoms with Gasteiger partial charge in [-0.3, -0.25) is 4.79 Å². The number of rotatable bonds is 9. The van der Waals surface area contributed by atoms with E-state index < -0.39 is 0 Å². The molecule has 0 unspecified atom stereocenters. The molecule has 6 heteroatoms. The molecule has 4 aromatic carbocycles. The Labute approximate surface area is 210 Å². The molecule has 0 aliphatic heterocycles. The van der Waals surface area contributed by atoms with Crippen molar-refractivity contribution < 1.29 is 18.7 Å². The van der Waals surface area contributed by atoms with Crippen molar-refractivity contribution in [3.05, 3.63) is 107 Å². The summed E-state index contributed by atoms with van der Waals surface area (Å²) in [6.07, 6.45) is 1.58. The van der Waals surface area contributed by atoms with E-state index in [1.165, 1.54) is 12.1 Å². The normalized spacial score (nSPS) is 11.2. The van der Waals surface area contributed by atoms with E-state index in [1.54, 1.807) is 18.3 Å². The Morgan fingerprint density at radius 3 is 2.53 bits per heavy atom. The Morgan fingerprint density at radius 1 is 0.972 bits per heavy atom. The van der Waals surface area contributed by atoms with Crippen LogP contribution in [0.5, 0.6) is 11.5 Å². The van der Waals surface area contributed by atoms with E-state index in [0.29, 0.717) is 11.5 Å². The molecule has 1 amide bonds. The number of nitrogens with zero attached hydrogens (tertiary/aromatic N) is 1. The highest BCUT2D eigenvalue weighted by Gasteiger charge is 2.11. The smallest absolute Gasteiger partial charge is 0.277 e. The second kappa shape index (κ2) is 11.5. The summed E-state index contributed by atoms with van der Waals surface area (Å²) in [5.41, 5.74) is 6.24. The molecule has 0 aromatic heterocycles. The average molecular weight is 485 g/mol. The van der Waals surface area contributed by atoms with Gasteiger partial charge in [0.2, 0.25) is 0 Å². The second-order valence-electron chi connectivity index (χ2n) is 8.89. The van der Waals surface area contributed by atoms with E-state index in [4.69, 9.17) is 9.47 Å². The van der Waals surface area contributed by atoms with E-state index in [9.17, 15) is 9.18 Å². The van der Waals surface area contributed by atoms with Crippen LogP contribution in [0.1, 0.15) is 42.0 Å². The first-order valence-corrected chi connectivity index (χ1v) is 11.8. The molecule has 0 bridgehead atoms. The third-order valence-corrected chi connectivity index (χ3v) is 5.77. The average Bonchev–Trinajstić information content (AvgIpc) is 2.87. The first-order chi connectivity index (χ1) is 17.4. The number of carbonyl (C=O) groups is 1. The van der Waals surface area contributed by atoms with Crippen LogP contribution >= 0.6 is 0 Å². The standard InChI is InChI=1S/C30H29FN2O3/c1-20(2)25-14-8-21(3)16-29(25)36-19-30(34)33-32-17-27-26-7-5-4-6-23(26)11-15-28(27)35-18-22-9-12-24(31)13-10-22/h4-17,20H,18-19H2,1-3H3,(H,33,34). The fourth-order valence-corrected chi connectivity index (χ4v) is 3.86. The number of fused-ring (bicyclic) bond motifs is 1. The largest absolute Gasteiger partial charge is 0.488 e. The molecule has 0 spiro atoms. The molecule has 184 valence electrons. The third-order valence-electron chi connectivity index (χ3n) is 5.77. The van der Waals surface area contributed by atoms with Crippen LogP contribution in [-0.4, -0.2) is 18.7 Å². The van der Waals surface area contributed by atoms with Crippen molar-refractivity contribution in [1.82, 2.24) is 5.43 Å². The Kier molecular flexibility index (Phi) is 7.95. The maximum atomic E-state index is 13.2. The van der Waals surface area contributed by atoms with Gasteiger partial charge >= 0.3 is 0 Å². The molecule has 0 atom stereocenters. The van der Waals surface area contributed by atoms with Crippen molar-refractivity contribution in [1.29, 1.82) is 0 Å². The number of hydrogen-bond acceptors (Lipinski definition) is 4. The monoisotopic (exact) mass is 484 g/mol. The summed E-state index contributed by atoms with van der Waals surface area (Å²) in [5.74, 6) is 0.931. The van der Waals surface area contributed by atoms with E-state index in [0.717, 1.165) is 33.0 Å². The van der Waals surface area contributed by atoms with Gasteiger partial charge in [0.05, 0.1) is 6.21 Å². The Balaban J connectivity index is 1.46. The van der Waals surface area contributed by atoms with Gasteiger partial charge < -0.3 is 9.47 Å². The molecular weight excluding hydrogens is 455 g/mol. The minimum atomic E-state index is -0.364. The van der Waals surface area contributed by atoms with E-state index in [-0.39, 0.29) is 30.9 Å². The summed E-state index contributed by atoms with van der Waals surface area (Å²) in [6.45, 7) is 6.28. The fraction of sp³-hybridized carbons (Fsp3) is 0.200. The zero-order chi connectivity index (χ0) is 25.5. The number of nitrogens with one attached hydrogen (secondary N) is 1. The summed E-state index contributed by atoms with van der Waals surface area (Å²) in [5, 5.41) is 6.12. The number of amides is 1. The first kappa shape index (κ1) is 24.9. The molecule has 0 aliphatic rings. The van der Waals surface area contributed by atoms with E-state index in [1.807, 2.05) is 61.5 Å². The van der Waals surface area contributed by atoms with Crippen LogP contribution in [0.3, 0.4) is 0 Å². The molecule has 0 heterocycles. The summed E-state index contributed by atoms with van der Waals surface area (Å²) in [6, 6.07) is 23.9. The van der Waals surface area contributed by atoms with Crippen LogP contribution in [0.15, 0.2) is 84.0 Å². The number of benzene rings is 4. The number of hydrazone groups is 1. The number of halogens is 1. The minimum absolute atomic E-state index is 0.149. The lowest BCUT2D eigenvalue weighted by molar-refractivity contribution is -0.123. The van der Waals surface area contributed by atoms with Gasteiger partial charge in [-0.1, -0.05) is 68.4 Å². The number of ether oxygens (including phenoxy) is 2.